The van der Waals surface area contributed by atoms with Gasteiger partial charge in [-0.15, -0.1) is 10.2 Å². The molecular weight excluding hydrogens is 462 g/mol. The van der Waals surface area contributed by atoms with E-state index in [0.717, 1.165) is 36.4 Å². The SMILES string of the molecule is COc1ccc(-c2nnc(SC(C)C(=O)NNC(=O)c3ccccc3)n2C2CCCCC2C)cc1. The molecule has 3 aromatic rings. The van der Waals surface area contributed by atoms with E-state index in [4.69, 9.17) is 4.74 Å². The lowest BCUT2D eigenvalue weighted by molar-refractivity contribution is -0.121. The molecule has 1 saturated carbocycles. The number of carbonyl (C=O) groups is 2. The topological polar surface area (TPSA) is 98.1 Å². The highest BCUT2D eigenvalue weighted by Crippen LogP contribution is 2.39. The highest BCUT2D eigenvalue weighted by molar-refractivity contribution is 8.00. The Bertz CT molecular complexity index is 1150. The standard InChI is InChI=1S/C26H31N5O3S/c1-17-9-7-8-12-22(17)31-23(19-13-15-21(34-3)16-14-19)27-30-26(31)35-18(2)24(32)28-29-25(33)20-10-5-4-6-11-20/h4-6,10-11,13-18,22H,7-9,12H2,1-3H3,(H,28,32)(H,29,33). The molecular formula is C26H31N5O3S. The first-order valence-corrected chi connectivity index (χ1v) is 12.8. The highest BCUT2D eigenvalue weighted by atomic mass is 32.2. The number of hydrogen-bond donors (Lipinski definition) is 2. The first-order valence-electron chi connectivity index (χ1n) is 11.9. The number of thioether (sulfide) groups is 1. The molecule has 0 spiro atoms. The fourth-order valence-corrected chi connectivity index (χ4v) is 5.27. The van der Waals surface area contributed by atoms with E-state index in [-0.39, 0.29) is 17.9 Å². The summed E-state index contributed by atoms with van der Waals surface area (Å²) in [6.07, 6.45) is 4.57. The summed E-state index contributed by atoms with van der Waals surface area (Å²) in [6.45, 7) is 4.07. The van der Waals surface area contributed by atoms with Crippen LogP contribution in [0.15, 0.2) is 59.8 Å². The van der Waals surface area contributed by atoms with E-state index in [1.54, 1.807) is 38.3 Å². The summed E-state index contributed by atoms with van der Waals surface area (Å²) in [7, 11) is 1.64. The van der Waals surface area contributed by atoms with Crippen molar-refractivity contribution in [1.29, 1.82) is 0 Å². The molecule has 2 amide bonds. The fraction of sp³-hybridized carbons (Fsp3) is 0.385. The van der Waals surface area contributed by atoms with Crippen molar-refractivity contribution in [2.45, 2.75) is 56.0 Å². The number of nitrogens with zero attached hydrogens (tertiary/aromatic N) is 3. The molecule has 1 aliphatic carbocycles. The number of nitrogens with one attached hydrogen (secondary N) is 2. The molecule has 3 unspecified atom stereocenters. The fourth-order valence-electron chi connectivity index (χ4n) is 4.37. The van der Waals surface area contributed by atoms with E-state index < -0.39 is 5.25 Å². The van der Waals surface area contributed by atoms with Crippen LogP contribution in [0.4, 0.5) is 0 Å². The van der Waals surface area contributed by atoms with Crippen LogP contribution in [0.1, 0.15) is 55.9 Å². The maximum Gasteiger partial charge on any atom is 0.269 e. The summed E-state index contributed by atoms with van der Waals surface area (Å²) in [5.41, 5.74) is 6.44. The average molecular weight is 494 g/mol. The van der Waals surface area contributed by atoms with Gasteiger partial charge in [0.15, 0.2) is 11.0 Å². The van der Waals surface area contributed by atoms with Crippen LogP contribution in [-0.4, -0.2) is 38.9 Å². The number of ether oxygens (including phenoxy) is 1. The molecule has 0 saturated heterocycles. The zero-order valence-electron chi connectivity index (χ0n) is 20.2. The van der Waals surface area contributed by atoms with Gasteiger partial charge in [0, 0.05) is 17.2 Å². The molecule has 8 nitrogen and oxygen atoms in total. The minimum Gasteiger partial charge on any atom is -0.497 e. The molecule has 0 bridgehead atoms. The van der Waals surface area contributed by atoms with E-state index >= 15 is 0 Å². The van der Waals surface area contributed by atoms with Gasteiger partial charge >= 0.3 is 0 Å². The smallest absolute Gasteiger partial charge is 0.269 e. The van der Waals surface area contributed by atoms with E-state index in [9.17, 15) is 9.59 Å². The minimum atomic E-state index is -0.489. The Morgan fingerprint density at radius 3 is 2.43 bits per heavy atom. The van der Waals surface area contributed by atoms with Crippen molar-refractivity contribution in [2.24, 2.45) is 5.92 Å². The Labute approximate surface area is 209 Å². The molecule has 4 rings (SSSR count). The van der Waals surface area contributed by atoms with Crippen LogP contribution in [0.5, 0.6) is 5.75 Å². The van der Waals surface area contributed by atoms with Crippen LogP contribution in [0.2, 0.25) is 0 Å². The Morgan fingerprint density at radius 1 is 1.03 bits per heavy atom. The van der Waals surface area contributed by atoms with Crippen molar-refractivity contribution in [3.8, 4) is 17.1 Å². The van der Waals surface area contributed by atoms with Gasteiger partial charge in [0.05, 0.1) is 12.4 Å². The monoisotopic (exact) mass is 493 g/mol. The maximum absolute atomic E-state index is 12.8. The van der Waals surface area contributed by atoms with E-state index in [1.807, 2.05) is 30.3 Å². The third kappa shape index (κ3) is 5.85. The van der Waals surface area contributed by atoms with Crippen molar-refractivity contribution in [1.82, 2.24) is 25.6 Å². The predicted molar refractivity (Wildman–Crippen MR) is 136 cm³/mol. The molecule has 35 heavy (non-hydrogen) atoms. The van der Waals surface area contributed by atoms with Gasteiger partial charge in [0.25, 0.3) is 11.8 Å². The Balaban J connectivity index is 1.52. The zero-order valence-corrected chi connectivity index (χ0v) is 21.0. The number of carbonyl (C=O) groups excluding carboxylic acids is 2. The number of rotatable bonds is 7. The summed E-state index contributed by atoms with van der Waals surface area (Å²) in [4.78, 5) is 25.0. The second-order valence-electron chi connectivity index (χ2n) is 8.80. The molecule has 3 atom stereocenters. The molecule has 184 valence electrons. The summed E-state index contributed by atoms with van der Waals surface area (Å²) >= 11 is 1.35. The normalized spacial score (nSPS) is 18.5. The number of aromatic nitrogens is 3. The van der Waals surface area contributed by atoms with Gasteiger partial charge in [-0.25, -0.2) is 0 Å². The molecule has 1 aliphatic rings. The lowest BCUT2D eigenvalue weighted by Crippen LogP contribution is -2.45. The van der Waals surface area contributed by atoms with E-state index in [2.05, 4.69) is 32.5 Å². The Hall–Kier alpha value is -3.33. The van der Waals surface area contributed by atoms with Crippen LogP contribution >= 0.6 is 11.8 Å². The molecule has 0 aliphatic heterocycles. The van der Waals surface area contributed by atoms with Gasteiger partial charge in [-0.2, -0.15) is 0 Å². The van der Waals surface area contributed by atoms with Crippen molar-refractivity contribution in [2.75, 3.05) is 7.11 Å². The first-order chi connectivity index (χ1) is 17.0. The highest BCUT2D eigenvalue weighted by Gasteiger charge is 2.30. The third-order valence-electron chi connectivity index (χ3n) is 6.40. The van der Waals surface area contributed by atoms with Crippen molar-refractivity contribution >= 4 is 23.6 Å². The van der Waals surface area contributed by atoms with Gasteiger partial charge in [0.1, 0.15) is 5.75 Å². The second kappa shape index (κ2) is 11.4. The largest absolute Gasteiger partial charge is 0.497 e. The van der Waals surface area contributed by atoms with Crippen LogP contribution in [-0.2, 0) is 4.79 Å². The molecule has 1 aromatic heterocycles. The van der Waals surface area contributed by atoms with Crippen LogP contribution < -0.4 is 15.6 Å². The first kappa shape index (κ1) is 24.8. The van der Waals surface area contributed by atoms with Crippen LogP contribution in [0, 0.1) is 5.92 Å². The summed E-state index contributed by atoms with van der Waals surface area (Å²) < 4.78 is 7.50. The van der Waals surface area contributed by atoms with E-state index in [0.29, 0.717) is 16.6 Å². The van der Waals surface area contributed by atoms with Crippen molar-refractivity contribution in [3.05, 3.63) is 60.2 Å². The van der Waals surface area contributed by atoms with Gasteiger partial charge in [0.2, 0.25) is 0 Å². The van der Waals surface area contributed by atoms with Crippen LogP contribution in [0.25, 0.3) is 11.4 Å². The lowest BCUT2D eigenvalue weighted by Gasteiger charge is -2.31. The summed E-state index contributed by atoms with van der Waals surface area (Å²) in [5, 5.41) is 9.23. The molecule has 1 heterocycles. The Morgan fingerprint density at radius 2 is 1.74 bits per heavy atom. The average Bonchev–Trinajstić information content (AvgIpc) is 3.30. The van der Waals surface area contributed by atoms with E-state index in [1.165, 1.54) is 18.2 Å². The molecule has 2 aromatic carbocycles. The molecule has 1 fully saturated rings. The second-order valence-corrected chi connectivity index (χ2v) is 10.1. The maximum atomic E-state index is 12.8. The van der Waals surface area contributed by atoms with Gasteiger partial charge in [-0.1, -0.05) is 49.7 Å². The predicted octanol–water partition coefficient (Wildman–Crippen LogP) is 4.65. The molecule has 0 radical (unpaired) electrons. The van der Waals surface area contributed by atoms with Gasteiger partial charge in [-0.05, 0) is 62.1 Å². The third-order valence-corrected chi connectivity index (χ3v) is 7.45. The minimum absolute atomic E-state index is 0.256. The zero-order chi connectivity index (χ0) is 24.8. The number of methoxy groups -OCH3 is 1. The van der Waals surface area contributed by atoms with Gasteiger partial charge < -0.3 is 4.74 Å². The number of hydrogen-bond acceptors (Lipinski definition) is 6. The van der Waals surface area contributed by atoms with Crippen LogP contribution in [0.3, 0.4) is 0 Å². The number of hydrazine groups is 1. The lowest BCUT2D eigenvalue weighted by atomic mass is 9.85. The molecule has 9 heteroatoms. The van der Waals surface area contributed by atoms with Crippen molar-refractivity contribution in [3.63, 3.8) is 0 Å². The summed E-state index contributed by atoms with van der Waals surface area (Å²) in [5.74, 6) is 1.38. The number of amides is 2. The van der Waals surface area contributed by atoms with Gasteiger partial charge in [-0.3, -0.25) is 25.0 Å². The molecule has 2 N–H and O–H groups in total. The van der Waals surface area contributed by atoms with Crippen molar-refractivity contribution < 1.29 is 14.3 Å². The summed E-state index contributed by atoms with van der Waals surface area (Å²) in [6, 6.07) is 16.8. The Kier molecular flexibility index (Phi) is 8.07. The number of benzene rings is 2. The quantitative estimate of drug-likeness (QED) is 0.367.